The molecule has 8 heteroatoms. The van der Waals surface area contributed by atoms with Gasteiger partial charge in [0, 0.05) is 19.4 Å². The van der Waals surface area contributed by atoms with Gasteiger partial charge in [0.25, 0.3) is 0 Å². The van der Waals surface area contributed by atoms with Crippen molar-refractivity contribution in [2.75, 3.05) is 6.61 Å². The first-order chi connectivity index (χ1) is 15.8. The monoisotopic (exact) mass is 542 g/mol. The Labute approximate surface area is 219 Å². The van der Waals surface area contributed by atoms with Gasteiger partial charge in [-0.1, -0.05) is 67.1 Å². The van der Waals surface area contributed by atoms with Gasteiger partial charge in [0.05, 0.1) is 6.10 Å². The molecule has 0 aliphatic carbocycles. The maximum absolute atomic E-state index is 13.0. The minimum atomic E-state index is -2.13. The molecule has 0 radical (unpaired) electrons. The van der Waals surface area contributed by atoms with Gasteiger partial charge in [0.2, 0.25) is 0 Å². The number of carbonyl (C=O) groups excluding carboxylic acids is 1. The van der Waals surface area contributed by atoms with Crippen LogP contribution in [-0.2, 0) is 23.1 Å². The van der Waals surface area contributed by atoms with Gasteiger partial charge in [-0.15, -0.1) is 5.54 Å². The molecule has 35 heavy (non-hydrogen) atoms. The van der Waals surface area contributed by atoms with Gasteiger partial charge in [-0.05, 0) is 50.1 Å². The van der Waals surface area contributed by atoms with Crippen LogP contribution in [-0.4, -0.2) is 61.2 Å². The first kappa shape index (κ1) is 32.7. The average Bonchev–Trinajstić information content (AvgIpc) is 2.73. The lowest BCUT2D eigenvalue weighted by Gasteiger charge is -2.49. The van der Waals surface area contributed by atoms with Crippen LogP contribution in [0.2, 0.25) is 55.9 Å². The zero-order valence-electron chi connectivity index (χ0n) is 25.0. The van der Waals surface area contributed by atoms with Crippen LogP contribution >= 0.6 is 0 Å². The van der Waals surface area contributed by atoms with Crippen LogP contribution in [0.5, 0.6) is 0 Å². The Morgan fingerprint density at radius 3 is 1.97 bits per heavy atom. The molecule has 0 aromatic heterocycles. The molecular weight excluding hydrogens is 489 g/mol. The molecule has 1 saturated heterocycles. The summed E-state index contributed by atoms with van der Waals surface area (Å²) in [4.78, 5) is 13.0. The molecule has 3 atom stereocenters. The molecule has 0 unspecified atom stereocenters. The van der Waals surface area contributed by atoms with Crippen molar-refractivity contribution >= 4 is 31.0 Å². The van der Waals surface area contributed by atoms with Gasteiger partial charge in [-0.25, -0.2) is 0 Å². The van der Waals surface area contributed by atoms with Gasteiger partial charge in [0.1, 0.15) is 19.8 Å². The van der Waals surface area contributed by atoms with Gasteiger partial charge in [-0.2, -0.15) is 0 Å². The number of rotatable bonds is 11. The third-order valence-corrected chi connectivity index (χ3v) is 17.8. The molecule has 1 heterocycles. The third-order valence-electron chi connectivity index (χ3n) is 7.73. The van der Waals surface area contributed by atoms with E-state index in [4.69, 9.17) is 18.3 Å². The van der Waals surface area contributed by atoms with Crippen molar-refractivity contribution in [3.05, 3.63) is 0 Å². The summed E-state index contributed by atoms with van der Waals surface area (Å²) in [7, 11) is -5.67. The molecule has 1 aliphatic heterocycles. The average molecular weight is 543 g/mol. The topological polar surface area (TPSA) is 54.0 Å². The Balaban J connectivity index is 3.42. The highest BCUT2D eigenvalue weighted by atomic mass is 28.4. The Kier molecular flexibility index (Phi) is 11.3. The SMILES string of the molecule is CC[Si](CC)(CC)O[C@](C=O)(CCO[Si](C)(C)C(C)(C)C)[C@H]1C[C@@H](C#C[Si](C)(C)C)OC(C)(C)O1. The summed E-state index contributed by atoms with van der Waals surface area (Å²) in [6, 6.07) is 2.89. The molecule has 1 fully saturated rings. The highest BCUT2D eigenvalue weighted by molar-refractivity contribution is 6.83. The summed E-state index contributed by atoms with van der Waals surface area (Å²) in [5.74, 6) is 2.52. The van der Waals surface area contributed by atoms with E-state index in [2.05, 4.69) is 85.7 Å². The molecule has 0 N–H and O–H groups in total. The largest absolute Gasteiger partial charge is 0.417 e. The molecule has 0 amide bonds. The Hall–Kier alpha value is -0.279. The van der Waals surface area contributed by atoms with E-state index < -0.39 is 42.2 Å². The van der Waals surface area contributed by atoms with Gasteiger partial charge in [-0.3, -0.25) is 0 Å². The number of aldehydes is 1. The van der Waals surface area contributed by atoms with Crippen molar-refractivity contribution in [2.45, 2.75) is 148 Å². The van der Waals surface area contributed by atoms with Crippen molar-refractivity contribution in [3.8, 4) is 11.5 Å². The summed E-state index contributed by atoms with van der Waals surface area (Å²) in [6.07, 6.45) is 1.28. The van der Waals surface area contributed by atoms with Crippen molar-refractivity contribution in [1.29, 1.82) is 0 Å². The molecule has 0 saturated carbocycles. The second kappa shape index (κ2) is 12.1. The predicted octanol–water partition coefficient (Wildman–Crippen LogP) is 7.15. The highest BCUT2D eigenvalue weighted by Crippen LogP contribution is 2.40. The van der Waals surface area contributed by atoms with Crippen LogP contribution in [0.15, 0.2) is 0 Å². The number of hydrogen-bond donors (Lipinski definition) is 0. The molecule has 0 spiro atoms. The first-order valence-corrected chi connectivity index (χ1v) is 22.4. The minimum absolute atomic E-state index is 0.0984. The number of carbonyl (C=O) groups is 1. The maximum Gasteiger partial charge on any atom is 0.193 e. The van der Waals surface area contributed by atoms with Crippen molar-refractivity contribution < 1.29 is 23.1 Å². The zero-order valence-corrected chi connectivity index (χ0v) is 28.0. The summed E-state index contributed by atoms with van der Waals surface area (Å²) in [5, 5.41) is 0.0984. The lowest BCUT2D eigenvalue weighted by molar-refractivity contribution is -0.310. The lowest BCUT2D eigenvalue weighted by Crippen LogP contribution is -2.61. The van der Waals surface area contributed by atoms with Crippen LogP contribution in [0, 0.1) is 11.5 Å². The van der Waals surface area contributed by atoms with Crippen LogP contribution in [0.25, 0.3) is 0 Å². The van der Waals surface area contributed by atoms with Crippen molar-refractivity contribution in [3.63, 3.8) is 0 Å². The lowest BCUT2D eigenvalue weighted by atomic mass is 9.89. The molecule has 0 aromatic carbocycles. The molecule has 0 bridgehead atoms. The van der Waals surface area contributed by atoms with Crippen molar-refractivity contribution in [1.82, 2.24) is 0 Å². The maximum atomic E-state index is 13.0. The zero-order chi connectivity index (χ0) is 27.3. The number of ether oxygens (including phenoxy) is 2. The molecule has 5 nitrogen and oxygen atoms in total. The van der Waals surface area contributed by atoms with Crippen LogP contribution < -0.4 is 0 Å². The molecule has 1 rings (SSSR count). The second-order valence-corrected chi connectivity index (χ2v) is 27.4. The standard InChI is InChI=1S/C27H54O5Si3/c1-14-35(15-2,16-3)32-27(22-28,18-19-29-34(12,13)25(4,5)6)24-21-23(17-20-33(9,10)11)30-26(7,8)31-24/h22-24H,14-16,18-19,21H2,1-13H3/t23-,24-,27+/m1/s1. The van der Waals surface area contributed by atoms with Gasteiger partial charge in [0.15, 0.2) is 28.7 Å². The van der Waals surface area contributed by atoms with Crippen LogP contribution in [0.4, 0.5) is 0 Å². The Morgan fingerprint density at radius 1 is 1.00 bits per heavy atom. The Morgan fingerprint density at radius 2 is 1.54 bits per heavy atom. The fraction of sp³-hybridized carbons (Fsp3) is 0.889. The van der Waals surface area contributed by atoms with E-state index in [1.165, 1.54) is 0 Å². The van der Waals surface area contributed by atoms with E-state index in [0.717, 1.165) is 24.4 Å². The fourth-order valence-electron chi connectivity index (χ4n) is 4.18. The van der Waals surface area contributed by atoms with E-state index in [9.17, 15) is 4.79 Å². The van der Waals surface area contributed by atoms with Gasteiger partial charge >= 0.3 is 0 Å². The fourth-order valence-corrected chi connectivity index (χ4v) is 8.84. The van der Waals surface area contributed by atoms with E-state index in [1.54, 1.807) is 0 Å². The normalized spacial score (nSPS) is 23.2. The first-order valence-electron chi connectivity index (χ1n) is 13.5. The molecule has 0 aromatic rings. The van der Waals surface area contributed by atoms with E-state index in [1.807, 2.05) is 13.8 Å². The van der Waals surface area contributed by atoms with Gasteiger partial charge < -0.3 is 23.1 Å². The summed E-state index contributed by atoms with van der Waals surface area (Å²) >= 11 is 0. The van der Waals surface area contributed by atoms with Crippen molar-refractivity contribution in [2.24, 2.45) is 0 Å². The molecule has 1 aliphatic rings. The highest BCUT2D eigenvalue weighted by Gasteiger charge is 2.52. The third kappa shape index (κ3) is 9.20. The van der Waals surface area contributed by atoms with E-state index in [-0.39, 0.29) is 11.1 Å². The Bertz CT molecular complexity index is 745. The molecule has 204 valence electrons. The summed E-state index contributed by atoms with van der Waals surface area (Å²) in [6.45, 7) is 28.7. The molecular formula is C27H54O5Si3. The predicted molar refractivity (Wildman–Crippen MR) is 154 cm³/mol. The summed E-state index contributed by atoms with van der Waals surface area (Å²) < 4.78 is 26.2. The van der Waals surface area contributed by atoms with E-state index >= 15 is 0 Å². The number of hydrogen-bond acceptors (Lipinski definition) is 5. The van der Waals surface area contributed by atoms with Crippen LogP contribution in [0.3, 0.4) is 0 Å². The smallest absolute Gasteiger partial charge is 0.193 e. The second-order valence-electron chi connectivity index (χ2n) is 13.1. The van der Waals surface area contributed by atoms with E-state index in [0.29, 0.717) is 19.4 Å². The summed E-state index contributed by atoms with van der Waals surface area (Å²) in [5.41, 5.74) is 2.38. The quantitative estimate of drug-likeness (QED) is 0.158. The minimum Gasteiger partial charge on any atom is -0.417 e. The van der Waals surface area contributed by atoms with Crippen LogP contribution in [0.1, 0.15) is 68.2 Å².